The highest BCUT2D eigenvalue weighted by Crippen LogP contribution is 2.10. The molecule has 110 valence electrons. The van der Waals surface area contributed by atoms with Gasteiger partial charge in [-0.1, -0.05) is 30.3 Å². The van der Waals surface area contributed by atoms with E-state index in [-0.39, 0.29) is 18.7 Å². The zero-order valence-corrected chi connectivity index (χ0v) is 12.0. The second-order valence-corrected chi connectivity index (χ2v) is 5.33. The van der Waals surface area contributed by atoms with Crippen LogP contribution in [0.15, 0.2) is 35.7 Å². The van der Waals surface area contributed by atoms with Crippen molar-refractivity contribution < 1.29 is 14.7 Å². The maximum absolute atomic E-state index is 12.0. The molecule has 0 radical (unpaired) electrons. The summed E-state index contributed by atoms with van der Waals surface area (Å²) < 4.78 is 0. The molecule has 2 rings (SSSR count). The van der Waals surface area contributed by atoms with Crippen LogP contribution in [0.1, 0.15) is 21.1 Å². The molecule has 0 spiro atoms. The van der Waals surface area contributed by atoms with Crippen LogP contribution in [-0.4, -0.2) is 28.0 Å². The quantitative estimate of drug-likeness (QED) is 0.739. The molecule has 1 amide bonds. The molecule has 0 bridgehead atoms. The zero-order valence-electron chi connectivity index (χ0n) is 11.2. The Morgan fingerprint density at radius 2 is 2.05 bits per heavy atom. The number of benzene rings is 1. The first-order valence-corrected chi connectivity index (χ1v) is 7.20. The van der Waals surface area contributed by atoms with E-state index in [1.165, 1.54) is 11.3 Å². The van der Waals surface area contributed by atoms with Crippen molar-refractivity contribution in [1.29, 1.82) is 0 Å². The van der Waals surface area contributed by atoms with E-state index in [0.717, 1.165) is 5.56 Å². The first-order valence-electron chi connectivity index (χ1n) is 6.32. The second-order valence-electron chi connectivity index (χ2n) is 4.38. The van der Waals surface area contributed by atoms with Crippen molar-refractivity contribution in [3.63, 3.8) is 0 Å². The number of hydrogen-bond acceptors (Lipinski definition) is 5. The second kappa shape index (κ2) is 6.96. The predicted octanol–water partition coefficient (Wildman–Crippen LogP) is 1.03. The Hall–Kier alpha value is -2.25. The molecule has 0 fully saturated rings. The number of hydrogen-bond donors (Lipinski definition) is 3. The third-order valence-corrected chi connectivity index (χ3v) is 3.72. The summed E-state index contributed by atoms with van der Waals surface area (Å²) in [5.74, 6) is -1.59. The van der Waals surface area contributed by atoms with Crippen molar-refractivity contribution in [2.45, 2.75) is 19.0 Å². The molecule has 4 N–H and O–H groups in total. The van der Waals surface area contributed by atoms with E-state index in [4.69, 9.17) is 5.73 Å². The molecule has 1 aromatic heterocycles. The van der Waals surface area contributed by atoms with E-state index in [1.807, 2.05) is 30.3 Å². The summed E-state index contributed by atoms with van der Waals surface area (Å²) >= 11 is 1.27. The van der Waals surface area contributed by atoms with Gasteiger partial charge in [-0.3, -0.25) is 4.79 Å². The Morgan fingerprint density at radius 1 is 1.33 bits per heavy atom. The lowest BCUT2D eigenvalue weighted by atomic mass is 10.1. The van der Waals surface area contributed by atoms with Crippen LogP contribution in [0.5, 0.6) is 0 Å². The van der Waals surface area contributed by atoms with Crippen molar-refractivity contribution in [2.24, 2.45) is 5.73 Å². The number of carboxylic acids is 1. The largest absolute Gasteiger partial charge is 0.480 e. The lowest BCUT2D eigenvalue weighted by Crippen LogP contribution is -2.42. The van der Waals surface area contributed by atoms with Gasteiger partial charge in [0.25, 0.3) is 5.91 Å². The molecule has 0 saturated carbocycles. The molecular weight excluding hydrogens is 290 g/mol. The third kappa shape index (κ3) is 4.11. The van der Waals surface area contributed by atoms with E-state index in [9.17, 15) is 14.7 Å². The molecule has 1 heterocycles. The molecule has 0 aliphatic rings. The number of nitrogens with one attached hydrogen (secondary N) is 1. The summed E-state index contributed by atoms with van der Waals surface area (Å²) in [6, 6.07) is 8.13. The van der Waals surface area contributed by atoms with Gasteiger partial charge in [-0.15, -0.1) is 11.3 Å². The van der Waals surface area contributed by atoms with Crippen molar-refractivity contribution >= 4 is 23.2 Å². The van der Waals surface area contributed by atoms with E-state index in [2.05, 4.69) is 10.3 Å². The summed E-state index contributed by atoms with van der Waals surface area (Å²) in [6.07, 6.45) is 0.218. The predicted molar refractivity (Wildman–Crippen MR) is 79.0 cm³/mol. The number of amides is 1. The topological polar surface area (TPSA) is 105 Å². The standard InChI is InChI=1S/C14H15N3O3S/c15-7-12-16-11(8-21-12)13(18)17-10(14(19)20)6-9-4-2-1-3-5-9/h1-5,8,10H,6-7,15H2,(H,17,18)(H,19,20). The van der Waals surface area contributed by atoms with E-state index in [1.54, 1.807) is 5.38 Å². The molecular formula is C14H15N3O3S. The molecule has 0 aliphatic heterocycles. The van der Waals surface area contributed by atoms with E-state index in [0.29, 0.717) is 5.01 Å². The van der Waals surface area contributed by atoms with Crippen LogP contribution in [0.2, 0.25) is 0 Å². The van der Waals surface area contributed by atoms with Gasteiger partial charge < -0.3 is 16.2 Å². The molecule has 1 unspecified atom stereocenters. The number of thiazole rings is 1. The van der Waals surface area contributed by atoms with Crippen LogP contribution < -0.4 is 11.1 Å². The maximum Gasteiger partial charge on any atom is 0.326 e. The van der Waals surface area contributed by atoms with Crippen LogP contribution in [0, 0.1) is 0 Å². The molecule has 21 heavy (non-hydrogen) atoms. The fourth-order valence-corrected chi connectivity index (χ4v) is 2.45. The molecule has 2 aromatic rings. The molecule has 0 saturated heterocycles. The average Bonchev–Trinajstić information content (AvgIpc) is 2.96. The van der Waals surface area contributed by atoms with Gasteiger partial charge in [-0.2, -0.15) is 0 Å². The Labute approximate surface area is 125 Å². The highest BCUT2D eigenvalue weighted by atomic mass is 32.1. The zero-order chi connectivity index (χ0) is 15.2. The number of nitrogens with zero attached hydrogens (tertiary/aromatic N) is 1. The summed E-state index contributed by atoms with van der Waals surface area (Å²) in [5.41, 5.74) is 6.47. The number of carbonyl (C=O) groups is 2. The maximum atomic E-state index is 12.0. The van der Waals surface area contributed by atoms with Gasteiger partial charge in [-0.25, -0.2) is 9.78 Å². The van der Waals surface area contributed by atoms with Gasteiger partial charge in [0.05, 0.1) is 0 Å². The minimum absolute atomic E-state index is 0.194. The molecule has 6 nitrogen and oxygen atoms in total. The Balaban J connectivity index is 2.05. The first kappa shape index (κ1) is 15.1. The van der Waals surface area contributed by atoms with Crippen LogP contribution in [0.25, 0.3) is 0 Å². The number of carboxylic acid groups (broad SMARTS) is 1. The third-order valence-electron chi connectivity index (χ3n) is 2.85. The number of aliphatic carboxylic acids is 1. The lowest BCUT2D eigenvalue weighted by molar-refractivity contribution is -0.139. The van der Waals surface area contributed by atoms with Crippen molar-refractivity contribution in [3.05, 3.63) is 52.0 Å². The average molecular weight is 305 g/mol. The Bertz CT molecular complexity index is 627. The highest BCUT2D eigenvalue weighted by Gasteiger charge is 2.22. The van der Waals surface area contributed by atoms with Crippen molar-refractivity contribution in [3.8, 4) is 0 Å². The van der Waals surface area contributed by atoms with Crippen LogP contribution in [-0.2, 0) is 17.8 Å². The van der Waals surface area contributed by atoms with Gasteiger partial charge in [0, 0.05) is 18.3 Å². The van der Waals surface area contributed by atoms with E-state index >= 15 is 0 Å². The van der Waals surface area contributed by atoms with Crippen LogP contribution in [0.4, 0.5) is 0 Å². The van der Waals surface area contributed by atoms with E-state index < -0.39 is 17.9 Å². The summed E-state index contributed by atoms with van der Waals surface area (Å²) in [5, 5.41) is 13.9. The normalized spacial score (nSPS) is 11.9. The molecule has 1 atom stereocenters. The highest BCUT2D eigenvalue weighted by molar-refractivity contribution is 7.09. The van der Waals surface area contributed by atoms with Gasteiger partial charge in [0.15, 0.2) is 0 Å². The van der Waals surface area contributed by atoms with Gasteiger partial charge in [-0.05, 0) is 5.56 Å². The summed E-state index contributed by atoms with van der Waals surface area (Å²) in [6.45, 7) is 0.254. The van der Waals surface area contributed by atoms with Crippen molar-refractivity contribution in [1.82, 2.24) is 10.3 Å². The number of aromatic nitrogens is 1. The van der Waals surface area contributed by atoms with Crippen LogP contribution in [0.3, 0.4) is 0 Å². The lowest BCUT2D eigenvalue weighted by Gasteiger charge is -2.13. The van der Waals surface area contributed by atoms with Gasteiger partial charge in [0.1, 0.15) is 16.7 Å². The minimum Gasteiger partial charge on any atom is -0.480 e. The molecule has 7 heteroatoms. The smallest absolute Gasteiger partial charge is 0.326 e. The van der Waals surface area contributed by atoms with Crippen molar-refractivity contribution in [2.75, 3.05) is 0 Å². The fraction of sp³-hybridized carbons (Fsp3) is 0.214. The molecule has 1 aromatic carbocycles. The fourth-order valence-electron chi connectivity index (χ4n) is 1.79. The summed E-state index contributed by atoms with van der Waals surface area (Å²) in [4.78, 5) is 27.3. The SMILES string of the molecule is NCc1nc(C(=O)NC(Cc2ccccc2)C(=O)O)cs1. The first-order chi connectivity index (χ1) is 10.1. The summed E-state index contributed by atoms with van der Waals surface area (Å²) in [7, 11) is 0. The Morgan fingerprint density at radius 3 is 2.62 bits per heavy atom. The van der Waals surface area contributed by atoms with Crippen LogP contribution >= 0.6 is 11.3 Å². The van der Waals surface area contributed by atoms with Gasteiger partial charge in [0.2, 0.25) is 0 Å². The number of nitrogens with two attached hydrogens (primary N) is 1. The minimum atomic E-state index is -1.08. The molecule has 0 aliphatic carbocycles. The number of carbonyl (C=O) groups excluding carboxylic acids is 1. The Kier molecular flexibility index (Phi) is 5.02. The van der Waals surface area contributed by atoms with Gasteiger partial charge >= 0.3 is 5.97 Å². The monoisotopic (exact) mass is 305 g/mol. The number of rotatable bonds is 6.